The molecule has 0 saturated carbocycles. The molecule has 4 aromatic rings. The van der Waals surface area contributed by atoms with Crippen LogP contribution in [0.25, 0.3) is 32.2 Å². The molecule has 3 heterocycles. The van der Waals surface area contributed by atoms with Gasteiger partial charge in [0.15, 0.2) is 0 Å². The third-order valence-corrected chi connectivity index (χ3v) is 7.15. The van der Waals surface area contributed by atoms with E-state index in [4.69, 9.17) is 0 Å². The molecule has 158 valence electrons. The molecule has 5 rings (SSSR count). The molecule has 0 radical (unpaired) electrons. The fourth-order valence-corrected chi connectivity index (χ4v) is 5.30. The van der Waals surface area contributed by atoms with Crippen LogP contribution < -0.4 is 0 Å². The third-order valence-electron chi connectivity index (χ3n) is 6.01. The van der Waals surface area contributed by atoms with Crippen molar-refractivity contribution in [3.05, 3.63) is 66.2 Å². The van der Waals surface area contributed by atoms with E-state index in [1.165, 1.54) is 0 Å². The van der Waals surface area contributed by atoms with E-state index in [0.29, 0.717) is 12.1 Å². The van der Waals surface area contributed by atoms with Crippen LogP contribution in [0.3, 0.4) is 0 Å². The molecule has 2 aromatic carbocycles. The van der Waals surface area contributed by atoms with Crippen molar-refractivity contribution < 1.29 is 9.90 Å². The molecule has 6 heteroatoms. The van der Waals surface area contributed by atoms with Gasteiger partial charge in [0.05, 0.1) is 28.1 Å². The minimum Gasteiger partial charge on any atom is -0.391 e. The van der Waals surface area contributed by atoms with Gasteiger partial charge >= 0.3 is 0 Å². The van der Waals surface area contributed by atoms with Crippen LogP contribution >= 0.6 is 11.3 Å². The van der Waals surface area contributed by atoms with Gasteiger partial charge < -0.3 is 15.0 Å². The molecule has 31 heavy (non-hydrogen) atoms. The van der Waals surface area contributed by atoms with Gasteiger partial charge in [0.2, 0.25) is 0 Å². The standard InChI is InChI=1S/C25H25N3O2S/c1-16(29)21-8-4-5-15-28(21)25(30)18-11-9-17(10-12-18)22-13-14-23(31-22)24-26-19-6-2-3-7-20(19)27-24/h2-3,6-7,9-14,16,21,29H,4-5,8,15H2,1H3,(H,26,27). The summed E-state index contributed by atoms with van der Waals surface area (Å²) < 4.78 is 0. The van der Waals surface area contributed by atoms with Crippen molar-refractivity contribution in [1.82, 2.24) is 14.9 Å². The Morgan fingerprint density at radius 3 is 2.65 bits per heavy atom. The third kappa shape index (κ3) is 3.89. The Bertz CT molecular complexity index is 1180. The van der Waals surface area contributed by atoms with Gasteiger partial charge in [-0.3, -0.25) is 4.79 Å². The zero-order chi connectivity index (χ0) is 21.4. The largest absolute Gasteiger partial charge is 0.391 e. The lowest BCUT2D eigenvalue weighted by molar-refractivity contribution is 0.0281. The van der Waals surface area contributed by atoms with Crippen molar-refractivity contribution in [2.75, 3.05) is 6.54 Å². The van der Waals surface area contributed by atoms with Crippen LogP contribution in [-0.2, 0) is 0 Å². The summed E-state index contributed by atoms with van der Waals surface area (Å²) in [7, 11) is 0. The summed E-state index contributed by atoms with van der Waals surface area (Å²) in [6.45, 7) is 2.48. The van der Waals surface area contributed by atoms with Crippen molar-refractivity contribution in [3.63, 3.8) is 0 Å². The number of piperidine rings is 1. The summed E-state index contributed by atoms with van der Waals surface area (Å²) in [4.78, 5) is 25.2. The molecule has 2 unspecified atom stereocenters. The van der Waals surface area contributed by atoms with E-state index in [-0.39, 0.29) is 11.9 Å². The summed E-state index contributed by atoms with van der Waals surface area (Å²) in [5, 5.41) is 10.1. The number of nitrogens with zero attached hydrogens (tertiary/aromatic N) is 2. The van der Waals surface area contributed by atoms with E-state index < -0.39 is 6.10 Å². The second-order valence-electron chi connectivity index (χ2n) is 8.15. The van der Waals surface area contributed by atoms with Crippen molar-refractivity contribution >= 4 is 28.3 Å². The molecule has 1 amide bonds. The number of hydrogen-bond donors (Lipinski definition) is 2. The number of benzene rings is 2. The number of hydrogen-bond acceptors (Lipinski definition) is 4. The molecule has 0 bridgehead atoms. The molecular weight excluding hydrogens is 406 g/mol. The first-order valence-corrected chi connectivity index (χ1v) is 11.6. The molecule has 5 nitrogen and oxygen atoms in total. The molecule has 2 atom stereocenters. The number of aliphatic hydroxyl groups is 1. The monoisotopic (exact) mass is 431 g/mol. The number of amides is 1. The number of fused-ring (bicyclic) bond motifs is 1. The molecular formula is C25H25N3O2S. The first kappa shape index (κ1) is 20.0. The minimum atomic E-state index is -0.508. The van der Waals surface area contributed by atoms with Crippen LogP contribution in [0.1, 0.15) is 36.5 Å². The zero-order valence-electron chi connectivity index (χ0n) is 17.4. The van der Waals surface area contributed by atoms with Crippen LogP contribution in [-0.4, -0.2) is 44.6 Å². The maximum Gasteiger partial charge on any atom is 0.254 e. The smallest absolute Gasteiger partial charge is 0.254 e. The lowest BCUT2D eigenvalue weighted by Crippen LogP contribution is -2.48. The molecule has 1 saturated heterocycles. The van der Waals surface area contributed by atoms with Gasteiger partial charge in [-0.2, -0.15) is 0 Å². The Morgan fingerprint density at radius 1 is 1.10 bits per heavy atom. The number of rotatable bonds is 4. The number of carbonyl (C=O) groups is 1. The average Bonchev–Trinajstić information content (AvgIpc) is 3.46. The van der Waals surface area contributed by atoms with Crippen molar-refractivity contribution in [1.29, 1.82) is 0 Å². The number of thiophene rings is 1. The van der Waals surface area contributed by atoms with Gasteiger partial charge in [0, 0.05) is 17.0 Å². The molecule has 0 spiro atoms. The summed E-state index contributed by atoms with van der Waals surface area (Å²) in [5.74, 6) is 0.879. The quantitative estimate of drug-likeness (QED) is 0.459. The first-order valence-electron chi connectivity index (χ1n) is 10.7. The highest BCUT2D eigenvalue weighted by atomic mass is 32.1. The number of likely N-dealkylation sites (tertiary alicyclic amines) is 1. The average molecular weight is 432 g/mol. The maximum atomic E-state index is 13.0. The van der Waals surface area contributed by atoms with Gasteiger partial charge in [0.1, 0.15) is 5.82 Å². The second-order valence-corrected chi connectivity index (χ2v) is 9.23. The van der Waals surface area contributed by atoms with Gasteiger partial charge in [-0.15, -0.1) is 11.3 Å². The number of para-hydroxylation sites is 2. The Balaban J connectivity index is 1.36. The number of aromatic amines is 1. The maximum absolute atomic E-state index is 13.0. The highest BCUT2D eigenvalue weighted by Gasteiger charge is 2.30. The van der Waals surface area contributed by atoms with E-state index >= 15 is 0 Å². The number of nitrogens with one attached hydrogen (secondary N) is 1. The Kier molecular flexibility index (Phi) is 5.34. The fourth-order valence-electron chi connectivity index (χ4n) is 4.34. The first-order chi connectivity index (χ1) is 15.1. The van der Waals surface area contributed by atoms with Gasteiger partial charge in [-0.05, 0) is 68.1 Å². The fraction of sp³-hybridized carbons (Fsp3) is 0.280. The van der Waals surface area contributed by atoms with E-state index in [0.717, 1.165) is 51.4 Å². The zero-order valence-corrected chi connectivity index (χ0v) is 18.2. The van der Waals surface area contributed by atoms with Crippen molar-refractivity contribution in [2.45, 2.75) is 38.3 Å². The van der Waals surface area contributed by atoms with E-state index in [1.807, 2.05) is 53.4 Å². The topological polar surface area (TPSA) is 69.2 Å². The summed E-state index contributed by atoms with van der Waals surface area (Å²) >= 11 is 1.68. The summed E-state index contributed by atoms with van der Waals surface area (Å²) in [5.41, 5.74) is 3.74. The van der Waals surface area contributed by atoms with Gasteiger partial charge in [0.25, 0.3) is 5.91 Å². The van der Waals surface area contributed by atoms with Crippen LogP contribution in [0.4, 0.5) is 0 Å². The molecule has 0 aliphatic carbocycles. The predicted octanol–water partition coefficient (Wildman–Crippen LogP) is 5.33. The summed E-state index contributed by atoms with van der Waals surface area (Å²) in [6, 6.07) is 19.9. The SMILES string of the molecule is CC(O)C1CCCCN1C(=O)c1ccc(-c2ccc(-c3nc4ccccc4[nH]3)s2)cc1. The lowest BCUT2D eigenvalue weighted by atomic mass is 9.97. The van der Waals surface area contributed by atoms with E-state index in [9.17, 15) is 9.90 Å². The number of H-pyrrole nitrogens is 1. The second kappa shape index (κ2) is 8.29. The Labute approximate surface area is 185 Å². The molecule has 1 aliphatic heterocycles. The van der Waals surface area contributed by atoms with Crippen LogP contribution in [0.2, 0.25) is 0 Å². The number of aromatic nitrogens is 2. The lowest BCUT2D eigenvalue weighted by Gasteiger charge is -2.37. The van der Waals surface area contributed by atoms with Gasteiger partial charge in [-0.1, -0.05) is 24.3 Å². The van der Waals surface area contributed by atoms with Crippen LogP contribution in [0.5, 0.6) is 0 Å². The number of aliphatic hydroxyl groups excluding tert-OH is 1. The van der Waals surface area contributed by atoms with Gasteiger partial charge in [-0.25, -0.2) is 4.98 Å². The number of imidazole rings is 1. The summed E-state index contributed by atoms with van der Waals surface area (Å²) in [6.07, 6.45) is 2.41. The molecule has 1 fully saturated rings. The molecule has 1 aliphatic rings. The minimum absolute atomic E-state index is 0.00583. The highest BCUT2D eigenvalue weighted by molar-refractivity contribution is 7.18. The Hall–Kier alpha value is -2.96. The number of carbonyl (C=O) groups excluding carboxylic acids is 1. The van der Waals surface area contributed by atoms with E-state index in [2.05, 4.69) is 22.1 Å². The van der Waals surface area contributed by atoms with Crippen LogP contribution in [0.15, 0.2) is 60.7 Å². The Morgan fingerprint density at radius 2 is 1.87 bits per heavy atom. The highest BCUT2D eigenvalue weighted by Crippen LogP contribution is 2.34. The molecule has 2 N–H and O–H groups in total. The van der Waals surface area contributed by atoms with E-state index in [1.54, 1.807) is 18.3 Å². The van der Waals surface area contributed by atoms with Crippen molar-refractivity contribution in [2.24, 2.45) is 0 Å². The normalized spacial score (nSPS) is 17.7. The molecule has 2 aromatic heterocycles. The predicted molar refractivity (Wildman–Crippen MR) is 125 cm³/mol. The van der Waals surface area contributed by atoms with Crippen LogP contribution in [0, 0.1) is 0 Å². The van der Waals surface area contributed by atoms with Crippen molar-refractivity contribution in [3.8, 4) is 21.1 Å².